The van der Waals surface area contributed by atoms with Crippen LogP contribution in [0.1, 0.15) is 69.9 Å². The number of aromatic nitrogens is 1. The molecule has 0 aromatic carbocycles. The van der Waals surface area contributed by atoms with Gasteiger partial charge in [-0.1, -0.05) is 57.8 Å². The molecule has 0 amide bonds. The van der Waals surface area contributed by atoms with Gasteiger partial charge in [-0.25, -0.2) is 0 Å². The fourth-order valence-corrected chi connectivity index (χ4v) is 3.40. The highest BCUT2D eigenvalue weighted by Crippen LogP contribution is 2.17. The maximum atomic E-state index is 2.49. The number of nitrogens with zero attached hydrogens (tertiary/aromatic N) is 1. The maximum Gasteiger partial charge on any atom is 0.225 e. The molecule has 0 spiro atoms. The molecule has 0 atom stereocenters. The second kappa shape index (κ2) is 8.68. The Morgan fingerprint density at radius 1 is 1.00 bits per heavy atom. The average Bonchev–Trinajstić information content (AvgIpc) is 2.74. The summed E-state index contributed by atoms with van der Waals surface area (Å²) < 4.78 is 2.49. The fraction of sp³-hybridized carbons (Fsp3) is 0.800. The summed E-state index contributed by atoms with van der Waals surface area (Å²) in [4.78, 5) is 1.64. The fourth-order valence-electron chi connectivity index (χ4n) is 2.25. The van der Waals surface area contributed by atoms with Crippen LogP contribution >= 0.6 is 11.3 Å². The summed E-state index contributed by atoms with van der Waals surface area (Å²) in [6.07, 6.45) is 10.6. The maximum absolute atomic E-state index is 2.49. The Kier molecular flexibility index (Phi) is 7.50. The monoisotopic (exact) mass is 254 g/mol. The molecule has 2 heteroatoms. The van der Waals surface area contributed by atoms with Gasteiger partial charge in [-0.3, -0.25) is 0 Å². The van der Waals surface area contributed by atoms with E-state index in [1.54, 1.807) is 10.6 Å². The smallest absolute Gasteiger partial charge is 0.192 e. The quantitative estimate of drug-likeness (QED) is 0.450. The van der Waals surface area contributed by atoms with Crippen LogP contribution in [0.15, 0.2) is 5.51 Å². The summed E-state index contributed by atoms with van der Waals surface area (Å²) >= 11 is 1.97. The number of unbranched alkanes of at least 4 members (excludes halogenated alkanes) is 4. The van der Waals surface area contributed by atoms with E-state index in [9.17, 15) is 0 Å². The van der Waals surface area contributed by atoms with Crippen molar-refractivity contribution in [1.29, 1.82) is 0 Å². The zero-order valence-corrected chi connectivity index (χ0v) is 12.6. The molecular formula is C15H28NS+. The summed E-state index contributed by atoms with van der Waals surface area (Å²) in [5, 5.41) is 0. The van der Waals surface area contributed by atoms with Crippen LogP contribution in [0.25, 0.3) is 0 Å². The summed E-state index contributed by atoms with van der Waals surface area (Å²) in [5.41, 5.74) is 3.93. The molecule has 0 aliphatic heterocycles. The van der Waals surface area contributed by atoms with Crippen molar-refractivity contribution in [2.75, 3.05) is 0 Å². The van der Waals surface area contributed by atoms with E-state index in [0.717, 1.165) is 0 Å². The van der Waals surface area contributed by atoms with Crippen LogP contribution in [0.5, 0.6) is 0 Å². The van der Waals surface area contributed by atoms with Gasteiger partial charge < -0.3 is 0 Å². The molecule has 0 saturated heterocycles. The van der Waals surface area contributed by atoms with E-state index in [4.69, 9.17) is 0 Å². The van der Waals surface area contributed by atoms with Crippen LogP contribution in [0.3, 0.4) is 0 Å². The van der Waals surface area contributed by atoms with Gasteiger partial charge in [0, 0.05) is 12.8 Å². The molecule has 0 N–H and O–H groups in total. The lowest BCUT2D eigenvalue weighted by atomic mass is 10.1. The molecule has 1 nitrogen and oxygen atoms in total. The molecule has 0 radical (unpaired) electrons. The zero-order valence-electron chi connectivity index (χ0n) is 11.8. The van der Waals surface area contributed by atoms with Crippen molar-refractivity contribution >= 4 is 11.3 Å². The molecule has 1 aromatic heterocycles. The van der Waals surface area contributed by atoms with E-state index >= 15 is 0 Å². The van der Waals surface area contributed by atoms with Crippen molar-refractivity contribution in [3.8, 4) is 0 Å². The largest absolute Gasteiger partial charge is 0.225 e. The Balaban J connectivity index is 2.50. The third-order valence-electron chi connectivity index (χ3n) is 3.34. The second-order valence-corrected chi connectivity index (χ2v) is 5.74. The third kappa shape index (κ3) is 4.79. The van der Waals surface area contributed by atoms with Gasteiger partial charge in [0.05, 0.1) is 4.88 Å². The first-order chi connectivity index (χ1) is 8.33. The van der Waals surface area contributed by atoms with Gasteiger partial charge in [-0.15, -0.1) is 0 Å². The number of aryl methyl sites for hydroxylation is 2. The van der Waals surface area contributed by atoms with E-state index in [1.807, 2.05) is 11.3 Å². The molecule has 1 rings (SSSR count). The summed E-state index contributed by atoms with van der Waals surface area (Å²) in [6.45, 7) is 8.05. The lowest BCUT2D eigenvalue weighted by Crippen LogP contribution is -2.35. The van der Waals surface area contributed by atoms with E-state index < -0.39 is 0 Å². The minimum atomic E-state index is 1.19. The molecule has 0 aliphatic rings. The first-order valence-electron chi connectivity index (χ1n) is 7.32. The van der Waals surface area contributed by atoms with E-state index in [1.165, 1.54) is 57.9 Å². The molecular weight excluding hydrogens is 226 g/mol. The van der Waals surface area contributed by atoms with Gasteiger partial charge in [0.15, 0.2) is 5.69 Å². The first kappa shape index (κ1) is 14.7. The van der Waals surface area contributed by atoms with Crippen molar-refractivity contribution < 1.29 is 4.57 Å². The number of hydrogen-bond donors (Lipinski definition) is 0. The Hall–Kier alpha value is -0.370. The highest BCUT2D eigenvalue weighted by molar-refractivity contribution is 7.09. The highest BCUT2D eigenvalue weighted by Gasteiger charge is 2.16. The highest BCUT2D eigenvalue weighted by atomic mass is 32.1. The second-order valence-electron chi connectivity index (χ2n) is 4.80. The van der Waals surface area contributed by atoms with Gasteiger partial charge in [0.1, 0.15) is 6.54 Å². The Bertz CT molecular complexity index is 304. The Morgan fingerprint density at radius 2 is 1.76 bits per heavy atom. The van der Waals surface area contributed by atoms with Crippen molar-refractivity contribution in [3.05, 3.63) is 16.1 Å². The van der Waals surface area contributed by atoms with Crippen molar-refractivity contribution in [2.24, 2.45) is 0 Å². The number of rotatable bonds is 9. The van der Waals surface area contributed by atoms with Gasteiger partial charge in [-0.05, 0) is 12.8 Å². The summed E-state index contributed by atoms with van der Waals surface area (Å²) in [5.74, 6) is 0. The minimum Gasteiger partial charge on any atom is -0.192 e. The van der Waals surface area contributed by atoms with Crippen molar-refractivity contribution in [1.82, 2.24) is 0 Å². The van der Waals surface area contributed by atoms with E-state index in [-0.39, 0.29) is 0 Å². The molecule has 0 unspecified atom stereocenters. The van der Waals surface area contributed by atoms with Crippen molar-refractivity contribution in [3.63, 3.8) is 0 Å². The Labute approximate surface area is 111 Å². The van der Waals surface area contributed by atoms with Crippen LogP contribution < -0.4 is 4.57 Å². The molecule has 17 heavy (non-hydrogen) atoms. The standard InChI is InChI=1S/C15H28NS/c1-4-7-9-10-11-15-14(6-3)16(13-17-15)12-8-5-2/h13H,4-12H2,1-3H3/q+1. The normalized spacial score (nSPS) is 11.0. The number of hydrogen-bond acceptors (Lipinski definition) is 1. The van der Waals surface area contributed by atoms with Crippen LogP contribution in [0.2, 0.25) is 0 Å². The first-order valence-corrected chi connectivity index (χ1v) is 8.20. The molecule has 0 bridgehead atoms. The molecule has 0 saturated carbocycles. The van der Waals surface area contributed by atoms with Crippen LogP contribution in [0, 0.1) is 0 Å². The van der Waals surface area contributed by atoms with Gasteiger partial charge in [0.2, 0.25) is 5.51 Å². The van der Waals surface area contributed by atoms with Gasteiger partial charge >= 0.3 is 0 Å². The van der Waals surface area contributed by atoms with Crippen LogP contribution in [-0.2, 0) is 19.4 Å². The SMILES string of the molecule is CCCCCCc1sc[n+](CCCC)c1CC. The third-order valence-corrected chi connectivity index (χ3v) is 4.42. The lowest BCUT2D eigenvalue weighted by Gasteiger charge is -2.00. The van der Waals surface area contributed by atoms with Crippen LogP contribution in [-0.4, -0.2) is 0 Å². The zero-order chi connectivity index (χ0) is 12.5. The topological polar surface area (TPSA) is 3.88 Å². The minimum absolute atomic E-state index is 1.19. The van der Waals surface area contributed by atoms with Gasteiger partial charge in [0.25, 0.3) is 0 Å². The molecule has 1 aromatic rings. The molecule has 0 aliphatic carbocycles. The van der Waals surface area contributed by atoms with Crippen molar-refractivity contribution in [2.45, 2.75) is 78.7 Å². The summed E-state index contributed by atoms with van der Waals surface area (Å²) in [7, 11) is 0. The van der Waals surface area contributed by atoms with E-state index in [2.05, 4.69) is 30.8 Å². The molecule has 98 valence electrons. The predicted octanol–water partition coefficient (Wildman–Crippen LogP) is 4.52. The van der Waals surface area contributed by atoms with Crippen LogP contribution in [0.4, 0.5) is 0 Å². The van der Waals surface area contributed by atoms with E-state index in [0.29, 0.717) is 0 Å². The lowest BCUT2D eigenvalue weighted by molar-refractivity contribution is -0.699. The molecule has 0 fully saturated rings. The predicted molar refractivity (Wildman–Crippen MR) is 76.6 cm³/mol. The molecule has 1 heterocycles. The van der Waals surface area contributed by atoms with Gasteiger partial charge in [-0.2, -0.15) is 4.57 Å². The Morgan fingerprint density at radius 3 is 2.41 bits per heavy atom. The number of thiazole rings is 1. The average molecular weight is 254 g/mol. The summed E-state index contributed by atoms with van der Waals surface area (Å²) in [6, 6.07) is 0.